The minimum Gasteiger partial charge on any atom is -0.381 e. The minimum absolute atomic E-state index is 0.0411. The Hall–Kier alpha value is -0.940. The summed E-state index contributed by atoms with van der Waals surface area (Å²) < 4.78 is 11.2. The fourth-order valence-electron chi connectivity index (χ4n) is 2.16. The zero-order chi connectivity index (χ0) is 11.6. The van der Waals surface area contributed by atoms with Gasteiger partial charge in [-0.2, -0.15) is 0 Å². The topological polar surface area (TPSA) is 59.9 Å². The average molecular weight is 226 g/mol. The monoisotopic (exact) mass is 226 g/mol. The van der Waals surface area contributed by atoms with Crippen LogP contribution in [0.3, 0.4) is 0 Å². The standard InChI is InChI=1S/C11H18N2O3/c1-3-16-11(4-6-15-7-5-11)10-12-8(2)9(14)13-10/h8H,3-7H2,1-2H3,(H,12,13,14). The van der Waals surface area contributed by atoms with Crippen molar-refractivity contribution >= 4 is 11.7 Å². The highest BCUT2D eigenvalue weighted by molar-refractivity contribution is 6.09. The molecule has 0 aliphatic carbocycles. The minimum atomic E-state index is -0.437. The van der Waals surface area contributed by atoms with Crippen LogP contribution < -0.4 is 5.32 Å². The van der Waals surface area contributed by atoms with E-state index < -0.39 is 5.60 Å². The number of carbonyl (C=O) groups is 1. The van der Waals surface area contributed by atoms with Crippen molar-refractivity contribution in [2.75, 3.05) is 19.8 Å². The Bertz CT molecular complexity index is 303. The highest BCUT2D eigenvalue weighted by Gasteiger charge is 2.42. The Morgan fingerprint density at radius 3 is 2.75 bits per heavy atom. The molecule has 0 aromatic rings. The first-order chi connectivity index (χ1) is 7.68. The molecule has 0 spiro atoms. The van der Waals surface area contributed by atoms with Crippen LogP contribution in [0, 0.1) is 0 Å². The van der Waals surface area contributed by atoms with Gasteiger partial charge in [-0.15, -0.1) is 0 Å². The molecule has 5 heteroatoms. The first-order valence-electron chi connectivity index (χ1n) is 5.79. The second-order valence-corrected chi connectivity index (χ2v) is 4.18. The Morgan fingerprint density at radius 2 is 2.25 bits per heavy atom. The number of rotatable bonds is 3. The van der Waals surface area contributed by atoms with E-state index in [1.54, 1.807) is 6.92 Å². The van der Waals surface area contributed by atoms with Crippen molar-refractivity contribution in [3.05, 3.63) is 0 Å². The van der Waals surface area contributed by atoms with Gasteiger partial charge in [0, 0.05) is 32.7 Å². The van der Waals surface area contributed by atoms with Crippen molar-refractivity contribution in [3.8, 4) is 0 Å². The molecule has 1 atom stereocenters. The van der Waals surface area contributed by atoms with Crippen LogP contribution in [-0.4, -0.2) is 43.2 Å². The van der Waals surface area contributed by atoms with Crippen molar-refractivity contribution in [1.29, 1.82) is 0 Å². The van der Waals surface area contributed by atoms with Crippen molar-refractivity contribution in [1.82, 2.24) is 5.32 Å². The summed E-state index contributed by atoms with van der Waals surface area (Å²) in [5.41, 5.74) is -0.437. The number of amidine groups is 1. The lowest BCUT2D eigenvalue weighted by Gasteiger charge is -2.36. The summed E-state index contributed by atoms with van der Waals surface area (Å²) in [4.78, 5) is 15.8. The van der Waals surface area contributed by atoms with Gasteiger partial charge in [0.25, 0.3) is 0 Å². The summed E-state index contributed by atoms with van der Waals surface area (Å²) in [6.07, 6.45) is 1.51. The van der Waals surface area contributed by atoms with Crippen LogP contribution in [-0.2, 0) is 14.3 Å². The Balaban J connectivity index is 2.19. The maximum absolute atomic E-state index is 11.5. The molecule has 90 valence electrons. The van der Waals surface area contributed by atoms with E-state index in [1.165, 1.54) is 0 Å². The number of aliphatic imine (C=N–C) groups is 1. The van der Waals surface area contributed by atoms with E-state index in [1.807, 2.05) is 6.92 Å². The number of hydrogen-bond acceptors (Lipinski definition) is 4. The number of nitrogens with zero attached hydrogens (tertiary/aromatic N) is 1. The fourth-order valence-corrected chi connectivity index (χ4v) is 2.16. The van der Waals surface area contributed by atoms with Gasteiger partial charge in [0.05, 0.1) is 0 Å². The summed E-state index contributed by atoms with van der Waals surface area (Å²) in [5.74, 6) is 0.649. The van der Waals surface area contributed by atoms with Gasteiger partial charge >= 0.3 is 0 Å². The Labute approximate surface area is 95.2 Å². The van der Waals surface area contributed by atoms with Crippen molar-refractivity contribution in [2.45, 2.75) is 38.3 Å². The van der Waals surface area contributed by atoms with Gasteiger partial charge in [-0.3, -0.25) is 9.79 Å². The molecule has 0 bridgehead atoms. The quantitative estimate of drug-likeness (QED) is 0.762. The average Bonchev–Trinajstić information content (AvgIpc) is 2.62. The lowest BCUT2D eigenvalue weighted by atomic mass is 9.92. The smallest absolute Gasteiger partial charge is 0.249 e. The molecular formula is C11H18N2O3. The molecule has 0 aromatic heterocycles. The molecule has 2 heterocycles. The van der Waals surface area contributed by atoms with Crippen LogP contribution in [0.4, 0.5) is 0 Å². The normalized spacial score (nSPS) is 28.8. The van der Waals surface area contributed by atoms with Crippen molar-refractivity contribution < 1.29 is 14.3 Å². The predicted molar refractivity (Wildman–Crippen MR) is 59.4 cm³/mol. The highest BCUT2D eigenvalue weighted by Crippen LogP contribution is 2.28. The third-order valence-corrected chi connectivity index (χ3v) is 3.10. The maximum Gasteiger partial charge on any atom is 0.249 e. The number of nitrogens with one attached hydrogen (secondary N) is 1. The van der Waals surface area contributed by atoms with E-state index in [-0.39, 0.29) is 11.9 Å². The van der Waals surface area contributed by atoms with Crippen LogP contribution in [0.1, 0.15) is 26.7 Å². The van der Waals surface area contributed by atoms with E-state index in [0.29, 0.717) is 25.7 Å². The third-order valence-electron chi connectivity index (χ3n) is 3.10. The molecule has 2 rings (SSSR count). The summed E-state index contributed by atoms with van der Waals surface area (Å²) in [7, 11) is 0. The van der Waals surface area contributed by atoms with Gasteiger partial charge in [-0.05, 0) is 13.8 Å². The molecule has 1 amide bonds. The first-order valence-corrected chi connectivity index (χ1v) is 5.79. The van der Waals surface area contributed by atoms with Crippen LogP contribution in [0.5, 0.6) is 0 Å². The summed E-state index contributed by atoms with van der Waals surface area (Å²) in [6.45, 7) is 5.68. The Kier molecular flexibility index (Phi) is 3.25. The van der Waals surface area contributed by atoms with Crippen molar-refractivity contribution in [3.63, 3.8) is 0 Å². The predicted octanol–water partition coefficient (Wildman–Crippen LogP) is 0.489. The SMILES string of the molecule is CCOC1(C2=NC(C)C(=O)N2)CCOCC1. The summed E-state index contributed by atoms with van der Waals surface area (Å²) >= 11 is 0. The molecule has 0 saturated carbocycles. The van der Waals surface area contributed by atoms with Crippen LogP contribution in [0.2, 0.25) is 0 Å². The molecule has 1 N–H and O–H groups in total. The van der Waals surface area contributed by atoms with Gasteiger partial charge < -0.3 is 14.8 Å². The molecular weight excluding hydrogens is 208 g/mol. The van der Waals surface area contributed by atoms with Gasteiger partial charge in [-0.1, -0.05) is 0 Å². The summed E-state index contributed by atoms with van der Waals surface area (Å²) in [6, 6.07) is -0.296. The van der Waals surface area contributed by atoms with Crippen LogP contribution in [0.25, 0.3) is 0 Å². The fraction of sp³-hybridized carbons (Fsp3) is 0.818. The lowest BCUT2D eigenvalue weighted by molar-refractivity contribution is -0.120. The van der Waals surface area contributed by atoms with Crippen LogP contribution >= 0.6 is 0 Å². The number of amides is 1. The lowest BCUT2D eigenvalue weighted by Crippen LogP contribution is -2.51. The highest BCUT2D eigenvalue weighted by atomic mass is 16.5. The maximum atomic E-state index is 11.5. The van der Waals surface area contributed by atoms with Gasteiger partial charge in [0.15, 0.2) is 0 Å². The van der Waals surface area contributed by atoms with Gasteiger partial charge in [0.1, 0.15) is 17.5 Å². The largest absolute Gasteiger partial charge is 0.381 e. The Morgan fingerprint density at radius 1 is 1.56 bits per heavy atom. The molecule has 1 saturated heterocycles. The van der Waals surface area contributed by atoms with E-state index in [2.05, 4.69) is 10.3 Å². The number of ether oxygens (including phenoxy) is 2. The first kappa shape index (κ1) is 11.5. The number of carbonyl (C=O) groups excluding carboxylic acids is 1. The van der Waals surface area contributed by atoms with E-state index >= 15 is 0 Å². The zero-order valence-corrected chi connectivity index (χ0v) is 9.78. The molecule has 0 aromatic carbocycles. The molecule has 16 heavy (non-hydrogen) atoms. The molecule has 1 unspecified atom stereocenters. The summed E-state index contributed by atoms with van der Waals surface area (Å²) in [5, 5.41) is 2.83. The zero-order valence-electron chi connectivity index (χ0n) is 9.78. The van der Waals surface area contributed by atoms with E-state index in [9.17, 15) is 4.79 Å². The third kappa shape index (κ3) is 1.97. The molecule has 1 fully saturated rings. The van der Waals surface area contributed by atoms with Crippen LogP contribution in [0.15, 0.2) is 4.99 Å². The number of hydrogen-bond donors (Lipinski definition) is 1. The molecule has 0 radical (unpaired) electrons. The van der Waals surface area contributed by atoms with Crippen molar-refractivity contribution in [2.24, 2.45) is 4.99 Å². The molecule has 2 aliphatic rings. The van der Waals surface area contributed by atoms with E-state index in [4.69, 9.17) is 9.47 Å². The second kappa shape index (κ2) is 4.51. The van der Waals surface area contributed by atoms with E-state index in [0.717, 1.165) is 12.8 Å². The molecule has 2 aliphatic heterocycles. The molecule has 5 nitrogen and oxygen atoms in total. The van der Waals surface area contributed by atoms with Gasteiger partial charge in [-0.25, -0.2) is 0 Å². The van der Waals surface area contributed by atoms with Gasteiger partial charge in [0.2, 0.25) is 5.91 Å². The second-order valence-electron chi connectivity index (χ2n) is 4.18.